The number of nitrogens with one attached hydrogen (secondary N) is 2. The Morgan fingerprint density at radius 1 is 1.04 bits per heavy atom. The fourth-order valence-electron chi connectivity index (χ4n) is 2.41. The molecule has 3 aromatic heterocycles. The van der Waals surface area contributed by atoms with E-state index in [-0.39, 0.29) is 34.1 Å². The number of imidazole rings is 1. The average molecular weight is 397 g/mol. The summed E-state index contributed by atoms with van der Waals surface area (Å²) in [5.74, 6) is -1.07. The summed E-state index contributed by atoms with van der Waals surface area (Å²) >= 11 is 0. The molecule has 144 valence electrons. The van der Waals surface area contributed by atoms with Gasteiger partial charge in [-0.05, 0) is 12.1 Å². The van der Waals surface area contributed by atoms with Gasteiger partial charge in [-0.3, -0.25) is 0 Å². The van der Waals surface area contributed by atoms with Crippen molar-refractivity contribution < 1.29 is 26.4 Å². The summed E-state index contributed by atoms with van der Waals surface area (Å²) < 4.78 is 69.4. The minimum Gasteiger partial charge on any atom is -0.415 e. The van der Waals surface area contributed by atoms with E-state index < -0.39 is 24.1 Å². The van der Waals surface area contributed by atoms with Gasteiger partial charge >= 0.3 is 12.6 Å². The van der Waals surface area contributed by atoms with Crippen LogP contribution in [0.5, 0.6) is 0 Å². The number of anilines is 2. The topological polar surface area (TPSA) is 105 Å². The quantitative estimate of drug-likeness (QED) is 0.500. The lowest BCUT2D eigenvalue weighted by molar-refractivity contribution is -0.136. The molecule has 0 spiro atoms. The number of benzene rings is 1. The summed E-state index contributed by atoms with van der Waals surface area (Å²) in [7, 11) is 0. The normalized spacial score (nSPS) is 12.1. The number of rotatable bonds is 4. The van der Waals surface area contributed by atoms with E-state index in [0.717, 1.165) is 12.4 Å². The number of hydrogen-bond donors (Lipinski definition) is 2. The molecule has 0 saturated carbocycles. The Hall–Kier alpha value is -3.64. The first-order chi connectivity index (χ1) is 13.3. The largest absolute Gasteiger partial charge is 0.418 e. The maximum atomic E-state index is 13.2. The predicted octanol–water partition coefficient (Wildman–Crippen LogP) is 4.10. The van der Waals surface area contributed by atoms with Crippen LogP contribution in [0, 0.1) is 0 Å². The van der Waals surface area contributed by atoms with Crippen LogP contribution in [0.25, 0.3) is 22.5 Å². The molecule has 4 rings (SSSR count). The van der Waals surface area contributed by atoms with E-state index in [1.54, 1.807) is 0 Å². The van der Waals surface area contributed by atoms with E-state index in [4.69, 9.17) is 4.42 Å². The predicted molar refractivity (Wildman–Crippen MR) is 84.7 cm³/mol. The molecule has 0 fully saturated rings. The molecule has 0 amide bonds. The van der Waals surface area contributed by atoms with E-state index in [1.165, 1.54) is 18.5 Å². The van der Waals surface area contributed by atoms with E-state index in [2.05, 4.69) is 35.5 Å². The van der Waals surface area contributed by atoms with Crippen molar-refractivity contribution >= 4 is 22.7 Å². The highest BCUT2D eigenvalue weighted by atomic mass is 19.4. The lowest BCUT2D eigenvalue weighted by Crippen LogP contribution is -2.07. The third-order valence-corrected chi connectivity index (χ3v) is 3.61. The Bertz CT molecular complexity index is 1120. The number of nitrogens with zero attached hydrogens (tertiary/aromatic N) is 5. The highest BCUT2D eigenvalue weighted by Crippen LogP contribution is 2.36. The first-order valence-electron chi connectivity index (χ1n) is 7.56. The number of halogens is 5. The monoisotopic (exact) mass is 397 g/mol. The molecule has 28 heavy (non-hydrogen) atoms. The smallest absolute Gasteiger partial charge is 0.415 e. The molecule has 13 heteroatoms. The van der Waals surface area contributed by atoms with Crippen LogP contribution in [0.4, 0.5) is 33.6 Å². The van der Waals surface area contributed by atoms with Crippen LogP contribution >= 0.6 is 0 Å². The van der Waals surface area contributed by atoms with E-state index in [0.29, 0.717) is 0 Å². The van der Waals surface area contributed by atoms with Gasteiger partial charge in [0.15, 0.2) is 0 Å². The lowest BCUT2D eigenvalue weighted by atomic mass is 10.1. The second-order valence-electron chi connectivity index (χ2n) is 5.49. The van der Waals surface area contributed by atoms with E-state index in [1.807, 2.05) is 0 Å². The molecule has 0 atom stereocenters. The minimum atomic E-state index is -4.60. The summed E-state index contributed by atoms with van der Waals surface area (Å²) in [4.78, 5) is 14.1. The zero-order chi connectivity index (χ0) is 19.9. The fraction of sp³-hybridized carbons (Fsp3) is 0.133. The summed E-state index contributed by atoms with van der Waals surface area (Å²) in [6.45, 7) is 0. The maximum absolute atomic E-state index is 13.2. The van der Waals surface area contributed by atoms with Gasteiger partial charge in [-0.15, -0.1) is 10.2 Å². The van der Waals surface area contributed by atoms with Gasteiger partial charge in [-0.25, -0.2) is 15.0 Å². The third kappa shape index (κ3) is 3.33. The number of aromatic amines is 1. The number of alkyl halides is 5. The van der Waals surface area contributed by atoms with Crippen molar-refractivity contribution in [2.75, 3.05) is 5.32 Å². The Balaban J connectivity index is 1.61. The summed E-state index contributed by atoms with van der Waals surface area (Å²) in [5.41, 5.74) is -0.699. The lowest BCUT2D eigenvalue weighted by Gasteiger charge is -2.11. The highest BCUT2D eigenvalue weighted by Gasteiger charge is 2.34. The molecule has 0 radical (unpaired) electrons. The van der Waals surface area contributed by atoms with Crippen LogP contribution in [0.2, 0.25) is 0 Å². The maximum Gasteiger partial charge on any atom is 0.418 e. The minimum absolute atomic E-state index is 0.0238. The molecule has 0 aliphatic heterocycles. The van der Waals surface area contributed by atoms with Crippen molar-refractivity contribution in [1.29, 1.82) is 0 Å². The van der Waals surface area contributed by atoms with Crippen LogP contribution in [0.1, 0.15) is 17.9 Å². The van der Waals surface area contributed by atoms with Crippen molar-refractivity contribution in [1.82, 2.24) is 30.1 Å². The molecule has 1 aromatic carbocycles. The number of aromatic nitrogens is 6. The molecule has 0 aliphatic rings. The Kier molecular flexibility index (Phi) is 4.13. The summed E-state index contributed by atoms with van der Waals surface area (Å²) in [6.07, 6.45) is -3.94. The molecule has 0 aliphatic carbocycles. The van der Waals surface area contributed by atoms with Gasteiger partial charge in [-0.2, -0.15) is 22.0 Å². The standard InChI is InChI=1S/C15H8F5N7O/c16-11(17)13-27-26-12(28-13)6-3-21-14(22-4-6)25-7-1-8(15(18,19)20)10-9(2-7)23-5-24-10/h1-5,11H,(H,23,24)(H,21,22,25). The van der Waals surface area contributed by atoms with Gasteiger partial charge in [0, 0.05) is 18.1 Å². The number of hydrogen-bond acceptors (Lipinski definition) is 7. The van der Waals surface area contributed by atoms with Crippen LogP contribution in [-0.2, 0) is 6.18 Å². The van der Waals surface area contributed by atoms with Crippen LogP contribution < -0.4 is 5.32 Å². The number of fused-ring (bicyclic) bond motifs is 1. The van der Waals surface area contributed by atoms with Crippen LogP contribution in [-0.4, -0.2) is 30.1 Å². The Labute approximate surface area is 151 Å². The van der Waals surface area contributed by atoms with E-state index in [9.17, 15) is 22.0 Å². The molecular weight excluding hydrogens is 389 g/mol. The molecule has 2 N–H and O–H groups in total. The van der Waals surface area contributed by atoms with Crippen molar-refractivity contribution in [3.63, 3.8) is 0 Å². The van der Waals surface area contributed by atoms with Gasteiger partial charge < -0.3 is 14.7 Å². The zero-order valence-corrected chi connectivity index (χ0v) is 13.5. The van der Waals surface area contributed by atoms with Gasteiger partial charge in [-0.1, -0.05) is 0 Å². The second-order valence-corrected chi connectivity index (χ2v) is 5.49. The molecule has 0 saturated heterocycles. The Morgan fingerprint density at radius 3 is 2.43 bits per heavy atom. The van der Waals surface area contributed by atoms with Gasteiger partial charge in [0.2, 0.25) is 5.95 Å². The highest BCUT2D eigenvalue weighted by molar-refractivity contribution is 5.83. The Morgan fingerprint density at radius 2 is 1.79 bits per heavy atom. The van der Waals surface area contributed by atoms with Crippen molar-refractivity contribution in [3.05, 3.63) is 42.3 Å². The van der Waals surface area contributed by atoms with Crippen molar-refractivity contribution in [3.8, 4) is 11.5 Å². The molecule has 3 heterocycles. The third-order valence-electron chi connectivity index (χ3n) is 3.61. The van der Waals surface area contributed by atoms with E-state index >= 15 is 0 Å². The molecule has 0 bridgehead atoms. The van der Waals surface area contributed by atoms with Gasteiger partial charge in [0.1, 0.15) is 5.52 Å². The fourth-order valence-corrected chi connectivity index (χ4v) is 2.41. The summed E-state index contributed by atoms with van der Waals surface area (Å²) in [5, 5.41) is 9.28. The second kappa shape index (κ2) is 6.51. The first-order valence-corrected chi connectivity index (χ1v) is 7.56. The SMILES string of the molecule is FC(F)c1nnc(-c2cnc(Nc3cc(C(F)(F)F)c4nc[nH]c4c3)nc2)o1. The first kappa shape index (κ1) is 17.8. The van der Waals surface area contributed by atoms with Crippen LogP contribution in [0.15, 0.2) is 35.3 Å². The molecule has 4 aromatic rings. The molecule has 8 nitrogen and oxygen atoms in total. The van der Waals surface area contributed by atoms with Gasteiger partial charge in [0.25, 0.3) is 11.8 Å². The molecule has 0 unspecified atom stereocenters. The van der Waals surface area contributed by atoms with Crippen molar-refractivity contribution in [2.24, 2.45) is 0 Å². The average Bonchev–Trinajstić information content (AvgIpc) is 3.30. The number of H-pyrrole nitrogens is 1. The summed E-state index contributed by atoms with van der Waals surface area (Å²) in [6, 6.07) is 2.30. The van der Waals surface area contributed by atoms with Gasteiger partial charge in [0.05, 0.1) is 23.0 Å². The van der Waals surface area contributed by atoms with Crippen molar-refractivity contribution in [2.45, 2.75) is 12.6 Å². The molecular formula is C15H8F5N7O. The zero-order valence-electron chi connectivity index (χ0n) is 13.5. The van der Waals surface area contributed by atoms with Crippen LogP contribution in [0.3, 0.4) is 0 Å².